The Kier molecular flexibility index (Phi) is 3.12. The van der Waals surface area contributed by atoms with Crippen molar-refractivity contribution in [3.05, 3.63) is 53.2 Å². The van der Waals surface area contributed by atoms with Crippen LogP contribution in [-0.4, -0.2) is 14.5 Å². The number of hydrogen-bond donors (Lipinski definition) is 0. The van der Waals surface area contributed by atoms with E-state index in [1.54, 1.807) is 28.8 Å². The van der Waals surface area contributed by atoms with Gasteiger partial charge in [-0.2, -0.15) is 0 Å². The van der Waals surface area contributed by atoms with Crippen LogP contribution in [0, 0.1) is 5.82 Å². The zero-order chi connectivity index (χ0) is 13.4. The summed E-state index contributed by atoms with van der Waals surface area (Å²) >= 11 is 11.8. The van der Waals surface area contributed by atoms with Crippen LogP contribution < -0.4 is 0 Å². The van der Waals surface area contributed by atoms with Gasteiger partial charge in [0.1, 0.15) is 17.2 Å². The lowest BCUT2D eigenvalue weighted by molar-refractivity contribution is 0.617. The van der Waals surface area contributed by atoms with Gasteiger partial charge in [0.05, 0.1) is 16.6 Å². The molecule has 0 saturated heterocycles. The highest BCUT2D eigenvalue weighted by atomic mass is 35.5. The van der Waals surface area contributed by atoms with Gasteiger partial charge in [0, 0.05) is 6.20 Å². The van der Waals surface area contributed by atoms with Crippen molar-refractivity contribution in [3.8, 4) is 5.69 Å². The molecule has 1 aromatic carbocycles. The van der Waals surface area contributed by atoms with E-state index in [1.807, 2.05) is 0 Å². The van der Waals surface area contributed by atoms with Gasteiger partial charge >= 0.3 is 0 Å². The molecule has 0 saturated carbocycles. The highest BCUT2D eigenvalue weighted by Crippen LogP contribution is 2.24. The lowest BCUT2D eigenvalue weighted by Crippen LogP contribution is -2.02. The molecule has 6 heteroatoms. The minimum atomic E-state index is -0.357. The van der Waals surface area contributed by atoms with Gasteiger partial charge in [-0.05, 0) is 18.2 Å². The predicted octanol–water partition coefficient (Wildman–Crippen LogP) is 3.95. The molecule has 2 heterocycles. The fraction of sp³-hybridized carbons (Fsp3) is 0.0769. The third-order valence-electron chi connectivity index (χ3n) is 2.75. The largest absolute Gasteiger partial charge is 0.277 e. The normalized spacial score (nSPS) is 11.1. The number of alkyl halides is 1. The van der Waals surface area contributed by atoms with Crippen LogP contribution in [0.2, 0.25) is 5.02 Å². The van der Waals surface area contributed by atoms with Gasteiger partial charge in [-0.3, -0.25) is 4.57 Å². The summed E-state index contributed by atoms with van der Waals surface area (Å²) in [5.41, 5.74) is 1.49. The zero-order valence-electron chi connectivity index (χ0n) is 9.65. The van der Waals surface area contributed by atoms with Crippen molar-refractivity contribution in [2.24, 2.45) is 0 Å². The Morgan fingerprint density at radius 2 is 2.05 bits per heavy atom. The number of hydrogen-bond acceptors (Lipinski definition) is 2. The van der Waals surface area contributed by atoms with Gasteiger partial charge in [0.15, 0.2) is 5.65 Å². The van der Waals surface area contributed by atoms with Crippen molar-refractivity contribution in [1.29, 1.82) is 0 Å². The van der Waals surface area contributed by atoms with Gasteiger partial charge in [-0.15, -0.1) is 11.6 Å². The number of imidazole rings is 1. The molecule has 0 aliphatic carbocycles. The number of benzene rings is 1. The van der Waals surface area contributed by atoms with Crippen molar-refractivity contribution < 1.29 is 4.39 Å². The average Bonchev–Trinajstić information content (AvgIpc) is 2.76. The molecule has 3 rings (SSSR count). The molecule has 0 N–H and O–H groups in total. The van der Waals surface area contributed by atoms with E-state index < -0.39 is 0 Å². The molecule has 0 radical (unpaired) electrons. The Balaban J connectivity index is 2.36. The maximum Gasteiger partial charge on any atom is 0.164 e. The number of aromatic nitrogens is 3. The Morgan fingerprint density at radius 3 is 2.79 bits per heavy atom. The molecular formula is C13H8Cl2FN3. The molecule has 0 atom stereocenters. The SMILES string of the molecule is Fc1ccccc1-n1c(CCl)nc2cc(Cl)cnc21. The molecule has 96 valence electrons. The standard InChI is InChI=1S/C13H8Cl2FN3/c14-6-12-18-10-5-8(15)7-17-13(10)19(12)11-4-2-1-3-9(11)16/h1-5,7H,6H2. The Labute approximate surface area is 118 Å². The third kappa shape index (κ3) is 2.07. The van der Waals surface area contributed by atoms with E-state index in [-0.39, 0.29) is 11.7 Å². The summed E-state index contributed by atoms with van der Waals surface area (Å²) in [4.78, 5) is 8.54. The lowest BCUT2D eigenvalue weighted by atomic mass is 10.3. The van der Waals surface area contributed by atoms with E-state index >= 15 is 0 Å². The minimum Gasteiger partial charge on any atom is -0.277 e. The molecule has 0 bridgehead atoms. The van der Waals surface area contributed by atoms with E-state index in [9.17, 15) is 4.39 Å². The first-order chi connectivity index (χ1) is 9.20. The summed E-state index contributed by atoms with van der Waals surface area (Å²) in [6, 6.07) is 8.09. The molecule has 0 unspecified atom stereocenters. The highest BCUT2D eigenvalue weighted by molar-refractivity contribution is 6.31. The third-order valence-corrected chi connectivity index (χ3v) is 3.19. The van der Waals surface area contributed by atoms with Crippen molar-refractivity contribution >= 4 is 34.4 Å². The minimum absolute atomic E-state index is 0.155. The summed E-state index contributed by atoms with van der Waals surface area (Å²) in [5.74, 6) is 0.323. The smallest absolute Gasteiger partial charge is 0.164 e. The number of pyridine rings is 1. The van der Waals surface area contributed by atoms with Gasteiger partial charge in [0.2, 0.25) is 0 Å². The Bertz CT molecular complexity index is 755. The van der Waals surface area contributed by atoms with Crippen LogP contribution in [0.25, 0.3) is 16.9 Å². The second-order valence-corrected chi connectivity index (χ2v) is 4.65. The van der Waals surface area contributed by atoms with E-state index in [1.165, 1.54) is 12.3 Å². The number of para-hydroxylation sites is 1. The molecule has 2 aromatic heterocycles. The second-order valence-electron chi connectivity index (χ2n) is 3.94. The summed E-state index contributed by atoms with van der Waals surface area (Å²) in [7, 11) is 0. The molecule has 0 aliphatic rings. The summed E-state index contributed by atoms with van der Waals surface area (Å²) in [5, 5.41) is 0.479. The van der Waals surface area contributed by atoms with Crippen LogP contribution in [0.4, 0.5) is 4.39 Å². The molecular weight excluding hydrogens is 288 g/mol. The van der Waals surface area contributed by atoms with Crippen LogP contribution in [0.1, 0.15) is 5.82 Å². The van der Waals surface area contributed by atoms with Gasteiger partial charge in [-0.1, -0.05) is 23.7 Å². The first kappa shape index (κ1) is 12.4. The second kappa shape index (κ2) is 4.79. The predicted molar refractivity (Wildman–Crippen MR) is 73.4 cm³/mol. The van der Waals surface area contributed by atoms with Crippen LogP contribution >= 0.6 is 23.2 Å². The summed E-state index contributed by atoms with van der Waals surface area (Å²) in [6.45, 7) is 0. The first-order valence-corrected chi connectivity index (χ1v) is 6.45. The summed E-state index contributed by atoms with van der Waals surface area (Å²) < 4.78 is 15.5. The van der Waals surface area contributed by atoms with Crippen LogP contribution in [0.15, 0.2) is 36.5 Å². The monoisotopic (exact) mass is 295 g/mol. The fourth-order valence-corrected chi connectivity index (χ4v) is 2.29. The topological polar surface area (TPSA) is 30.7 Å². The van der Waals surface area contributed by atoms with Crippen LogP contribution in [0.3, 0.4) is 0 Å². The first-order valence-electron chi connectivity index (χ1n) is 5.54. The molecule has 19 heavy (non-hydrogen) atoms. The average molecular weight is 296 g/mol. The quantitative estimate of drug-likeness (QED) is 0.670. The van der Waals surface area contributed by atoms with Crippen LogP contribution in [0.5, 0.6) is 0 Å². The van der Waals surface area contributed by atoms with Gasteiger partial charge < -0.3 is 0 Å². The molecule has 0 spiro atoms. The van der Waals surface area contributed by atoms with Gasteiger partial charge in [-0.25, -0.2) is 14.4 Å². The highest BCUT2D eigenvalue weighted by Gasteiger charge is 2.15. The molecule has 0 amide bonds. The Hall–Kier alpha value is -1.65. The number of halogens is 3. The Morgan fingerprint density at radius 1 is 1.26 bits per heavy atom. The number of nitrogens with zero attached hydrogens (tertiary/aromatic N) is 3. The number of rotatable bonds is 2. The molecule has 3 nitrogen and oxygen atoms in total. The van der Waals surface area contributed by atoms with Crippen molar-refractivity contribution in [3.63, 3.8) is 0 Å². The van der Waals surface area contributed by atoms with E-state index in [2.05, 4.69) is 9.97 Å². The summed E-state index contributed by atoms with van der Waals surface area (Å²) in [6.07, 6.45) is 1.50. The molecule has 3 aromatic rings. The van der Waals surface area contributed by atoms with E-state index in [0.717, 1.165) is 0 Å². The maximum absolute atomic E-state index is 13.9. The van der Waals surface area contributed by atoms with Crippen molar-refractivity contribution in [1.82, 2.24) is 14.5 Å². The maximum atomic E-state index is 13.9. The van der Waals surface area contributed by atoms with Crippen LogP contribution in [-0.2, 0) is 5.88 Å². The fourth-order valence-electron chi connectivity index (χ4n) is 1.96. The number of fused-ring (bicyclic) bond motifs is 1. The molecule has 0 aliphatic heterocycles. The lowest BCUT2D eigenvalue weighted by Gasteiger charge is -2.07. The zero-order valence-corrected chi connectivity index (χ0v) is 11.2. The molecule has 0 fully saturated rings. The van der Waals surface area contributed by atoms with E-state index in [0.29, 0.717) is 27.7 Å². The van der Waals surface area contributed by atoms with E-state index in [4.69, 9.17) is 23.2 Å². The van der Waals surface area contributed by atoms with Crippen molar-refractivity contribution in [2.75, 3.05) is 0 Å². The van der Waals surface area contributed by atoms with Crippen molar-refractivity contribution in [2.45, 2.75) is 5.88 Å². The van der Waals surface area contributed by atoms with Gasteiger partial charge in [0.25, 0.3) is 0 Å².